The summed E-state index contributed by atoms with van der Waals surface area (Å²) in [6.07, 6.45) is 0.269. The Bertz CT molecular complexity index is 680. The molecule has 0 aromatic heterocycles. The topological polar surface area (TPSA) is 58.2 Å². The summed E-state index contributed by atoms with van der Waals surface area (Å²) in [4.78, 5) is 24.0. The quantitative estimate of drug-likeness (QED) is 0.889. The summed E-state index contributed by atoms with van der Waals surface area (Å²) in [5.41, 5.74) is 0.940. The molecule has 22 heavy (non-hydrogen) atoms. The van der Waals surface area contributed by atoms with Gasteiger partial charge >= 0.3 is 0 Å². The van der Waals surface area contributed by atoms with Crippen LogP contribution in [0.1, 0.15) is 19.4 Å². The summed E-state index contributed by atoms with van der Waals surface area (Å²) < 4.78 is 0. The minimum absolute atomic E-state index is 0.0421. The molecule has 0 radical (unpaired) electrons. The number of amides is 2. The molecule has 0 heterocycles. The van der Waals surface area contributed by atoms with Gasteiger partial charge in [0.1, 0.15) is 6.04 Å². The zero-order valence-electron chi connectivity index (χ0n) is 13.2. The molecule has 0 bridgehead atoms. The molecule has 2 aromatic rings. The third-order valence-corrected chi connectivity index (χ3v) is 3.69. The number of rotatable bonds is 5. The molecule has 2 amide bonds. The summed E-state index contributed by atoms with van der Waals surface area (Å²) in [5, 5.41) is 7.66. The van der Waals surface area contributed by atoms with Crippen molar-refractivity contribution in [3.63, 3.8) is 0 Å². The molecule has 0 saturated carbocycles. The van der Waals surface area contributed by atoms with Gasteiger partial charge < -0.3 is 10.6 Å². The van der Waals surface area contributed by atoms with E-state index in [1.165, 1.54) is 0 Å². The molecule has 0 spiro atoms. The minimum Gasteiger partial charge on any atom is -0.357 e. The average Bonchev–Trinajstić information content (AvgIpc) is 2.51. The zero-order chi connectivity index (χ0) is 16.1. The molecule has 4 nitrogen and oxygen atoms in total. The first kappa shape index (κ1) is 16.0. The van der Waals surface area contributed by atoms with E-state index in [1.54, 1.807) is 7.05 Å². The van der Waals surface area contributed by atoms with Crippen molar-refractivity contribution in [1.29, 1.82) is 0 Å². The van der Waals surface area contributed by atoms with Crippen LogP contribution in [0.3, 0.4) is 0 Å². The van der Waals surface area contributed by atoms with Crippen LogP contribution in [0.4, 0.5) is 0 Å². The molecular weight excluding hydrogens is 276 g/mol. The monoisotopic (exact) mass is 298 g/mol. The Balaban J connectivity index is 2.08. The van der Waals surface area contributed by atoms with Crippen LogP contribution in [0.25, 0.3) is 10.8 Å². The van der Waals surface area contributed by atoms with E-state index in [9.17, 15) is 9.59 Å². The predicted octanol–water partition coefficient (Wildman–Crippen LogP) is 2.27. The van der Waals surface area contributed by atoms with Crippen LogP contribution in [-0.2, 0) is 16.0 Å². The lowest BCUT2D eigenvalue weighted by molar-refractivity contribution is -0.129. The number of hydrogen-bond donors (Lipinski definition) is 2. The minimum atomic E-state index is -0.502. The molecule has 2 rings (SSSR count). The van der Waals surface area contributed by atoms with Crippen molar-refractivity contribution in [3.05, 3.63) is 48.0 Å². The van der Waals surface area contributed by atoms with Gasteiger partial charge in [-0.3, -0.25) is 9.59 Å². The van der Waals surface area contributed by atoms with E-state index in [1.807, 2.05) is 56.3 Å². The van der Waals surface area contributed by atoms with Crippen LogP contribution in [0, 0.1) is 5.92 Å². The highest BCUT2D eigenvalue weighted by molar-refractivity contribution is 5.89. The van der Waals surface area contributed by atoms with E-state index in [4.69, 9.17) is 0 Å². The van der Waals surface area contributed by atoms with Crippen molar-refractivity contribution in [2.24, 2.45) is 5.92 Å². The van der Waals surface area contributed by atoms with Gasteiger partial charge in [0, 0.05) is 7.05 Å². The molecule has 1 unspecified atom stereocenters. The molecule has 2 N–H and O–H groups in total. The lowest BCUT2D eigenvalue weighted by Gasteiger charge is -2.20. The maximum atomic E-state index is 12.2. The van der Waals surface area contributed by atoms with Crippen LogP contribution in [0.2, 0.25) is 0 Å². The Morgan fingerprint density at radius 2 is 1.73 bits per heavy atom. The largest absolute Gasteiger partial charge is 0.357 e. The van der Waals surface area contributed by atoms with Crippen molar-refractivity contribution in [2.45, 2.75) is 26.3 Å². The molecule has 0 fully saturated rings. The number of carbonyl (C=O) groups is 2. The van der Waals surface area contributed by atoms with Crippen molar-refractivity contribution in [3.8, 4) is 0 Å². The summed E-state index contributed by atoms with van der Waals surface area (Å²) in [6.45, 7) is 3.83. The number of hydrogen-bond acceptors (Lipinski definition) is 2. The first-order chi connectivity index (χ1) is 10.5. The lowest BCUT2D eigenvalue weighted by Crippen LogP contribution is -2.49. The van der Waals surface area contributed by atoms with Crippen LogP contribution in [0.15, 0.2) is 42.5 Å². The molecule has 0 aliphatic carbocycles. The summed E-state index contributed by atoms with van der Waals surface area (Å²) in [6, 6.07) is 13.5. The van der Waals surface area contributed by atoms with E-state index in [-0.39, 0.29) is 24.2 Å². The Morgan fingerprint density at radius 1 is 1.05 bits per heavy atom. The molecule has 0 aliphatic rings. The SMILES string of the molecule is CNC(=O)C(NC(=O)Cc1ccc2ccccc2c1)C(C)C. The number of likely N-dealkylation sites (N-methyl/N-ethyl adjacent to an activating group) is 1. The molecule has 1 atom stereocenters. The van der Waals surface area contributed by atoms with Crippen molar-refractivity contribution in [1.82, 2.24) is 10.6 Å². The van der Waals surface area contributed by atoms with Gasteiger partial charge in [-0.1, -0.05) is 56.3 Å². The number of carbonyl (C=O) groups excluding carboxylic acids is 2. The second-order valence-electron chi connectivity index (χ2n) is 5.76. The van der Waals surface area contributed by atoms with Gasteiger partial charge in [0.25, 0.3) is 0 Å². The van der Waals surface area contributed by atoms with E-state index in [0.717, 1.165) is 16.3 Å². The van der Waals surface area contributed by atoms with Crippen molar-refractivity contribution < 1.29 is 9.59 Å². The summed E-state index contributed by atoms with van der Waals surface area (Å²) in [5.74, 6) is -0.264. The maximum absolute atomic E-state index is 12.2. The van der Waals surface area contributed by atoms with Gasteiger partial charge in [-0.25, -0.2) is 0 Å². The number of fused-ring (bicyclic) bond motifs is 1. The second kappa shape index (κ2) is 7.07. The fraction of sp³-hybridized carbons (Fsp3) is 0.333. The van der Waals surface area contributed by atoms with Crippen molar-refractivity contribution >= 4 is 22.6 Å². The normalized spacial score (nSPS) is 12.2. The Kier molecular flexibility index (Phi) is 5.15. The first-order valence-electron chi connectivity index (χ1n) is 7.50. The van der Waals surface area contributed by atoms with Crippen LogP contribution >= 0.6 is 0 Å². The molecule has 0 saturated heterocycles. The summed E-state index contributed by atoms with van der Waals surface area (Å²) >= 11 is 0. The van der Waals surface area contributed by atoms with E-state index < -0.39 is 6.04 Å². The van der Waals surface area contributed by atoms with Crippen LogP contribution < -0.4 is 10.6 Å². The maximum Gasteiger partial charge on any atom is 0.242 e. The molecule has 0 aliphatic heterocycles. The Hall–Kier alpha value is -2.36. The van der Waals surface area contributed by atoms with E-state index in [0.29, 0.717) is 0 Å². The zero-order valence-corrected chi connectivity index (χ0v) is 13.2. The molecule has 116 valence electrons. The first-order valence-corrected chi connectivity index (χ1v) is 7.50. The van der Waals surface area contributed by atoms with Gasteiger partial charge in [-0.2, -0.15) is 0 Å². The highest BCUT2D eigenvalue weighted by Crippen LogP contribution is 2.16. The highest BCUT2D eigenvalue weighted by Gasteiger charge is 2.22. The highest BCUT2D eigenvalue weighted by atomic mass is 16.2. The van der Waals surface area contributed by atoms with Crippen molar-refractivity contribution in [2.75, 3.05) is 7.05 Å². The van der Waals surface area contributed by atoms with Gasteiger partial charge in [0.05, 0.1) is 6.42 Å². The average molecular weight is 298 g/mol. The van der Waals surface area contributed by atoms with Crippen LogP contribution in [-0.4, -0.2) is 24.9 Å². The predicted molar refractivity (Wildman–Crippen MR) is 88.5 cm³/mol. The standard InChI is InChI=1S/C18H22N2O2/c1-12(2)17(18(22)19-3)20-16(21)11-13-8-9-14-6-4-5-7-15(14)10-13/h4-10,12,17H,11H2,1-3H3,(H,19,22)(H,20,21). The smallest absolute Gasteiger partial charge is 0.242 e. The van der Waals surface area contributed by atoms with Gasteiger partial charge in [0.15, 0.2) is 0 Å². The Labute approximate surface area is 130 Å². The number of benzene rings is 2. The molecular formula is C18H22N2O2. The van der Waals surface area contributed by atoms with Gasteiger partial charge in [0.2, 0.25) is 11.8 Å². The lowest BCUT2D eigenvalue weighted by atomic mass is 10.0. The third kappa shape index (κ3) is 3.85. The fourth-order valence-corrected chi connectivity index (χ4v) is 2.45. The van der Waals surface area contributed by atoms with E-state index >= 15 is 0 Å². The second-order valence-corrected chi connectivity index (χ2v) is 5.76. The Morgan fingerprint density at radius 3 is 2.36 bits per heavy atom. The van der Waals surface area contributed by atoms with E-state index in [2.05, 4.69) is 10.6 Å². The number of nitrogens with one attached hydrogen (secondary N) is 2. The third-order valence-electron chi connectivity index (χ3n) is 3.69. The van der Waals surface area contributed by atoms with Gasteiger partial charge in [-0.05, 0) is 22.3 Å². The van der Waals surface area contributed by atoms with Gasteiger partial charge in [-0.15, -0.1) is 0 Å². The summed E-state index contributed by atoms with van der Waals surface area (Å²) in [7, 11) is 1.58. The fourth-order valence-electron chi connectivity index (χ4n) is 2.45. The molecule has 2 aromatic carbocycles. The van der Waals surface area contributed by atoms with Crippen LogP contribution in [0.5, 0.6) is 0 Å². The molecule has 4 heteroatoms.